The summed E-state index contributed by atoms with van der Waals surface area (Å²) in [5, 5.41) is 0. The molecule has 16 heavy (non-hydrogen) atoms. The Hall–Kier alpha value is -0.720. The summed E-state index contributed by atoms with van der Waals surface area (Å²) in [7, 11) is 2.29. The first-order chi connectivity index (χ1) is 7.88. The molecule has 0 aromatic carbocycles. The highest BCUT2D eigenvalue weighted by Crippen LogP contribution is 2.33. The summed E-state index contributed by atoms with van der Waals surface area (Å²) in [5.41, 5.74) is 6.83. The Labute approximate surface area is 99.9 Å². The summed E-state index contributed by atoms with van der Waals surface area (Å²) in [6.45, 7) is 4.00. The fourth-order valence-corrected chi connectivity index (χ4v) is 3.33. The van der Waals surface area contributed by atoms with Crippen molar-refractivity contribution in [3.63, 3.8) is 0 Å². The van der Waals surface area contributed by atoms with Crippen LogP contribution in [0.25, 0.3) is 0 Å². The van der Waals surface area contributed by atoms with Gasteiger partial charge < -0.3 is 4.57 Å². The van der Waals surface area contributed by atoms with Gasteiger partial charge in [-0.2, -0.15) is 0 Å². The molecule has 0 amide bonds. The molecule has 0 unspecified atom stereocenters. The van der Waals surface area contributed by atoms with E-state index in [1.165, 1.54) is 51.4 Å². The zero-order valence-electron chi connectivity index (χ0n) is 11.1. The van der Waals surface area contributed by atoms with E-state index in [1.54, 1.807) is 22.5 Å². The normalized spacial score (nSPS) is 18.2. The summed E-state index contributed by atoms with van der Waals surface area (Å²) >= 11 is 0. The molecule has 2 aliphatic rings. The molecule has 1 aromatic heterocycles. The highest BCUT2D eigenvalue weighted by Gasteiger charge is 2.23. The maximum atomic E-state index is 2.52. The molecule has 0 saturated carbocycles. The van der Waals surface area contributed by atoms with E-state index in [9.17, 15) is 0 Å². The van der Waals surface area contributed by atoms with Crippen LogP contribution in [0.3, 0.4) is 0 Å². The lowest BCUT2D eigenvalue weighted by Gasteiger charge is -2.14. The molecule has 0 saturated heterocycles. The van der Waals surface area contributed by atoms with Crippen molar-refractivity contribution in [3.05, 3.63) is 22.5 Å². The Morgan fingerprint density at radius 2 is 1.06 bits per heavy atom. The van der Waals surface area contributed by atoms with Crippen LogP contribution >= 0.6 is 0 Å². The molecular formula is C15H25N. The predicted octanol–water partition coefficient (Wildman–Crippen LogP) is 3.81. The van der Waals surface area contributed by atoms with Crippen LogP contribution in [0.5, 0.6) is 0 Å². The number of fused-ring (bicyclic) bond motifs is 3. The van der Waals surface area contributed by atoms with Crippen LogP contribution in [0.15, 0.2) is 0 Å². The molecule has 0 fully saturated rings. The standard InChI is InChI=1S/C13H19N.C2H6/c1-14-12-8-4-2-6-10(12)11-7-3-5-9-13(11)14;1-2/h2-9H2,1H3;1-2H3. The van der Waals surface area contributed by atoms with E-state index in [0.29, 0.717) is 0 Å². The van der Waals surface area contributed by atoms with E-state index >= 15 is 0 Å². The number of hydrogen-bond acceptors (Lipinski definition) is 0. The van der Waals surface area contributed by atoms with E-state index in [-0.39, 0.29) is 0 Å². The topological polar surface area (TPSA) is 4.93 Å². The van der Waals surface area contributed by atoms with Crippen LogP contribution < -0.4 is 0 Å². The van der Waals surface area contributed by atoms with E-state index in [4.69, 9.17) is 0 Å². The average molecular weight is 219 g/mol. The average Bonchev–Trinajstić information content (AvgIpc) is 2.67. The second kappa shape index (κ2) is 5.07. The van der Waals surface area contributed by atoms with Crippen LogP contribution in [-0.4, -0.2) is 4.57 Å². The van der Waals surface area contributed by atoms with E-state index < -0.39 is 0 Å². The summed E-state index contributed by atoms with van der Waals surface area (Å²) < 4.78 is 2.52. The molecule has 90 valence electrons. The van der Waals surface area contributed by atoms with Gasteiger partial charge in [0.15, 0.2) is 0 Å². The third-order valence-electron chi connectivity index (χ3n) is 4.05. The zero-order chi connectivity index (χ0) is 11.5. The van der Waals surface area contributed by atoms with E-state index in [2.05, 4.69) is 11.6 Å². The minimum atomic E-state index is 1.33. The molecule has 1 heterocycles. The van der Waals surface area contributed by atoms with Gasteiger partial charge in [-0.15, -0.1) is 0 Å². The third kappa shape index (κ3) is 1.81. The second-order valence-electron chi connectivity index (χ2n) is 4.82. The molecule has 0 spiro atoms. The Bertz CT molecular complexity index is 327. The van der Waals surface area contributed by atoms with Gasteiger partial charge in [-0.05, 0) is 62.5 Å². The van der Waals surface area contributed by atoms with Gasteiger partial charge in [-0.1, -0.05) is 13.8 Å². The van der Waals surface area contributed by atoms with Gasteiger partial charge in [-0.3, -0.25) is 0 Å². The second-order valence-corrected chi connectivity index (χ2v) is 4.82. The molecule has 1 aromatic rings. The van der Waals surface area contributed by atoms with Crippen LogP contribution in [0.4, 0.5) is 0 Å². The Morgan fingerprint density at radius 3 is 1.50 bits per heavy atom. The van der Waals surface area contributed by atoms with Crippen molar-refractivity contribution < 1.29 is 0 Å². The third-order valence-corrected chi connectivity index (χ3v) is 4.05. The molecule has 3 rings (SSSR count). The SMILES string of the molecule is CC.Cn1c2c(c3c1CCCC3)CCCC2. The van der Waals surface area contributed by atoms with Gasteiger partial charge in [0.1, 0.15) is 0 Å². The highest BCUT2D eigenvalue weighted by atomic mass is 15.0. The molecule has 1 heteroatoms. The maximum absolute atomic E-state index is 2.52. The molecule has 1 nitrogen and oxygen atoms in total. The first kappa shape index (κ1) is 11.8. The molecule has 0 radical (unpaired) electrons. The quantitative estimate of drug-likeness (QED) is 0.625. The molecule has 0 bridgehead atoms. The van der Waals surface area contributed by atoms with Crippen molar-refractivity contribution in [3.8, 4) is 0 Å². The van der Waals surface area contributed by atoms with Gasteiger partial charge in [0.25, 0.3) is 0 Å². The van der Waals surface area contributed by atoms with Crippen molar-refractivity contribution in [1.29, 1.82) is 0 Å². The predicted molar refractivity (Wildman–Crippen MR) is 70.0 cm³/mol. The fraction of sp³-hybridized carbons (Fsp3) is 0.733. The molecule has 0 aliphatic heterocycles. The van der Waals surface area contributed by atoms with Crippen LogP contribution in [0.2, 0.25) is 0 Å². The van der Waals surface area contributed by atoms with Gasteiger partial charge in [0.2, 0.25) is 0 Å². The van der Waals surface area contributed by atoms with Crippen LogP contribution in [-0.2, 0) is 32.7 Å². The summed E-state index contributed by atoms with van der Waals surface area (Å²) in [6, 6.07) is 0. The lowest BCUT2D eigenvalue weighted by Crippen LogP contribution is -2.06. The Balaban J connectivity index is 0.000000457. The molecule has 2 aliphatic carbocycles. The van der Waals surface area contributed by atoms with E-state index in [0.717, 1.165) is 0 Å². The summed E-state index contributed by atoms with van der Waals surface area (Å²) in [4.78, 5) is 0. The smallest absolute Gasteiger partial charge is 0.0209 e. The van der Waals surface area contributed by atoms with Crippen molar-refractivity contribution >= 4 is 0 Å². The van der Waals surface area contributed by atoms with Crippen molar-refractivity contribution in [2.24, 2.45) is 7.05 Å². The highest BCUT2D eigenvalue weighted by molar-refractivity contribution is 5.41. The minimum Gasteiger partial charge on any atom is -0.351 e. The van der Waals surface area contributed by atoms with Crippen molar-refractivity contribution in [2.75, 3.05) is 0 Å². The lowest BCUT2D eigenvalue weighted by atomic mass is 9.89. The van der Waals surface area contributed by atoms with Crippen molar-refractivity contribution in [1.82, 2.24) is 4.57 Å². The Morgan fingerprint density at radius 1 is 0.688 bits per heavy atom. The monoisotopic (exact) mass is 219 g/mol. The number of hydrogen-bond donors (Lipinski definition) is 0. The fourth-order valence-electron chi connectivity index (χ4n) is 3.33. The van der Waals surface area contributed by atoms with Gasteiger partial charge in [0, 0.05) is 18.4 Å². The van der Waals surface area contributed by atoms with Crippen LogP contribution in [0.1, 0.15) is 62.0 Å². The number of rotatable bonds is 0. The van der Waals surface area contributed by atoms with Crippen LogP contribution in [0, 0.1) is 0 Å². The van der Waals surface area contributed by atoms with Crippen molar-refractivity contribution in [2.45, 2.75) is 65.2 Å². The summed E-state index contributed by atoms with van der Waals surface area (Å²) in [6.07, 6.45) is 11.0. The van der Waals surface area contributed by atoms with E-state index in [1.807, 2.05) is 13.8 Å². The number of aromatic nitrogens is 1. The molecule has 0 N–H and O–H groups in total. The van der Waals surface area contributed by atoms with Gasteiger partial charge in [0.05, 0.1) is 0 Å². The maximum Gasteiger partial charge on any atom is 0.0209 e. The molecule has 0 atom stereocenters. The largest absolute Gasteiger partial charge is 0.351 e. The molecular weight excluding hydrogens is 194 g/mol. The number of nitrogens with zero attached hydrogens (tertiary/aromatic N) is 1. The Kier molecular flexibility index (Phi) is 3.73. The first-order valence-corrected chi connectivity index (χ1v) is 7.06. The zero-order valence-corrected chi connectivity index (χ0v) is 11.1. The first-order valence-electron chi connectivity index (χ1n) is 7.06. The minimum absolute atomic E-state index is 1.33. The lowest BCUT2D eigenvalue weighted by molar-refractivity contribution is 0.631. The van der Waals surface area contributed by atoms with Gasteiger partial charge >= 0.3 is 0 Å². The summed E-state index contributed by atoms with van der Waals surface area (Å²) in [5.74, 6) is 0. The van der Waals surface area contributed by atoms with Gasteiger partial charge in [-0.25, -0.2) is 0 Å².